The Balaban J connectivity index is 2.10. The SMILES string of the molecule is CCCCC(CN)NC(=O)C1CCCN1C(=O)c1ccc([N+](=O)[O-])c(C)c1. The lowest BCUT2D eigenvalue weighted by Gasteiger charge is -2.26. The summed E-state index contributed by atoms with van der Waals surface area (Å²) in [6.45, 7) is 4.55. The van der Waals surface area contributed by atoms with Crippen molar-refractivity contribution < 1.29 is 14.5 Å². The molecule has 0 aliphatic carbocycles. The van der Waals surface area contributed by atoms with E-state index in [4.69, 9.17) is 5.73 Å². The fourth-order valence-corrected chi connectivity index (χ4v) is 3.44. The molecule has 8 heteroatoms. The van der Waals surface area contributed by atoms with Gasteiger partial charge in [-0.2, -0.15) is 0 Å². The van der Waals surface area contributed by atoms with Crippen LogP contribution in [-0.4, -0.2) is 46.8 Å². The summed E-state index contributed by atoms with van der Waals surface area (Å²) in [5.41, 5.74) is 6.51. The van der Waals surface area contributed by atoms with Crippen LogP contribution in [0.15, 0.2) is 18.2 Å². The van der Waals surface area contributed by atoms with Gasteiger partial charge in [0, 0.05) is 36.3 Å². The molecule has 1 fully saturated rings. The smallest absolute Gasteiger partial charge is 0.272 e. The molecule has 0 saturated carbocycles. The largest absolute Gasteiger partial charge is 0.350 e. The van der Waals surface area contributed by atoms with Gasteiger partial charge >= 0.3 is 0 Å². The summed E-state index contributed by atoms with van der Waals surface area (Å²) in [6, 6.07) is 3.69. The van der Waals surface area contributed by atoms with Gasteiger partial charge in [-0.1, -0.05) is 19.8 Å². The number of rotatable bonds is 8. The molecular formula is C19H28N4O4. The standard InChI is InChI=1S/C19H28N4O4/c1-3-4-6-15(12-20)21-18(24)17-7-5-10-22(17)19(25)14-8-9-16(23(26)27)13(2)11-14/h8-9,11,15,17H,3-7,10,12,20H2,1-2H3,(H,21,24). The third-order valence-corrected chi connectivity index (χ3v) is 4.99. The Kier molecular flexibility index (Phi) is 7.29. The zero-order chi connectivity index (χ0) is 20.0. The number of hydrogen-bond donors (Lipinski definition) is 2. The number of carbonyl (C=O) groups excluding carboxylic acids is 2. The van der Waals surface area contributed by atoms with Crippen molar-refractivity contribution in [3.05, 3.63) is 39.4 Å². The van der Waals surface area contributed by atoms with E-state index in [2.05, 4.69) is 12.2 Å². The number of nitrogens with two attached hydrogens (primary N) is 1. The second kappa shape index (κ2) is 9.45. The van der Waals surface area contributed by atoms with Gasteiger partial charge < -0.3 is 16.0 Å². The van der Waals surface area contributed by atoms with E-state index in [1.54, 1.807) is 11.8 Å². The number of unbranched alkanes of at least 4 members (excludes halogenated alkanes) is 1. The van der Waals surface area contributed by atoms with Crippen molar-refractivity contribution in [3.8, 4) is 0 Å². The fourth-order valence-electron chi connectivity index (χ4n) is 3.44. The lowest BCUT2D eigenvalue weighted by Crippen LogP contribution is -2.50. The second-order valence-corrected chi connectivity index (χ2v) is 7.00. The number of benzene rings is 1. The number of nitrogens with one attached hydrogen (secondary N) is 1. The van der Waals surface area contributed by atoms with Crippen molar-refractivity contribution in [1.82, 2.24) is 10.2 Å². The molecule has 1 aliphatic rings. The molecule has 2 unspecified atom stereocenters. The summed E-state index contributed by atoms with van der Waals surface area (Å²) in [5, 5.41) is 13.9. The molecule has 148 valence electrons. The van der Waals surface area contributed by atoms with E-state index in [1.807, 2.05) is 0 Å². The minimum Gasteiger partial charge on any atom is -0.350 e. The molecule has 1 aromatic rings. The van der Waals surface area contributed by atoms with E-state index in [9.17, 15) is 19.7 Å². The average Bonchev–Trinajstić information content (AvgIpc) is 3.13. The number of nitrogens with zero attached hydrogens (tertiary/aromatic N) is 2. The summed E-state index contributed by atoms with van der Waals surface area (Å²) < 4.78 is 0. The third kappa shape index (κ3) is 5.03. The van der Waals surface area contributed by atoms with Gasteiger partial charge in [0.2, 0.25) is 5.91 Å². The van der Waals surface area contributed by atoms with Crippen LogP contribution in [0.1, 0.15) is 54.9 Å². The van der Waals surface area contributed by atoms with Crippen LogP contribution in [0.5, 0.6) is 0 Å². The zero-order valence-electron chi connectivity index (χ0n) is 15.9. The highest BCUT2D eigenvalue weighted by atomic mass is 16.6. The Labute approximate surface area is 159 Å². The predicted octanol–water partition coefficient (Wildman–Crippen LogP) is 2.14. The molecule has 1 aliphatic heterocycles. The van der Waals surface area contributed by atoms with E-state index in [0.29, 0.717) is 30.6 Å². The van der Waals surface area contributed by atoms with Crippen molar-refractivity contribution in [3.63, 3.8) is 0 Å². The van der Waals surface area contributed by atoms with E-state index in [1.165, 1.54) is 18.2 Å². The first-order valence-electron chi connectivity index (χ1n) is 9.45. The maximum absolute atomic E-state index is 12.9. The van der Waals surface area contributed by atoms with Crippen LogP contribution in [0.4, 0.5) is 5.69 Å². The Bertz CT molecular complexity index is 707. The van der Waals surface area contributed by atoms with Crippen LogP contribution < -0.4 is 11.1 Å². The van der Waals surface area contributed by atoms with Crippen molar-refractivity contribution in [2.75, 3.05) is 13.1 Å². The highest BCUT2D eigenvalue weighted by Gasteiger charge is 2.35. The number of amides is 2. The van der Waals surface area contributed by atoms with E-state index in [0.717, 1.165) is 25.7 Å². The van der Waals surface area contributed by atoms with E-state index in [-0.39, 0.29) is 23.5 Å². The topological polar surface area (TPSA) is 119 Å². The van der Waals surface area contributed by atoms with E-state index >= 15 is 0 Å². The molecule has 27 heavy (non-hydrogen) atoms. The van der Waals surface area contributed by atoms with Gasteiger partial charge in [-0.25, -0.2) is 0 Å². The molecule has 3 N–H and O–H groups in total. The molecule has 0 bridgehead atoms. The number of hydrogen-bond acceptors (Lipinski definition) is 5. The van der Waals surface area contributed by atoms with Crippen molar-refractivity contribution in [2.45, 2.75) is 58.0 Å². The number of nitro groups is 1. The molecule has 2 rings (SSSR count). The first kappa shape index (κ1) is 20.8. The predicted molar refractivity (Wildman–Crippen MR) is 102 cm³/mol. The molecular weight excluding hydrogens is 348 g/mol. The maximum Gasteiger partial charge on any atom is 0.272 e. The quantitative estimate of drug-likeness (QED) is 0.532. The Morgan fingerprint density at radius 1 is 1.44 bits per heavy atom. The van der Waals surface area contributed by atoms with Crippen LogP contribution in [0.25, 0.3) is 0 Å². The lowest BCUT2D eigenvalue weighted by molar-refractivity contribution is -0.385. The summed E-state index contributed by atoms with van der Waals surface area (Å²) in [4.78, 5) is 37.6. The molecule has 0 aromatic heterocycles. The van der Waals surface area contributed by atoms with Crippen molar-refractivity contribution in [1.29, 1.82) is 0 Å². The van der Waals surface area contributed by atoms with Crippen molar-refractivity contribution >= 4 is 17.5 Å². The third-order valence-electron chi connectivity index (χ3n) is 4.99. The van der Waals surface area contributed by atoms with Crippen LogP contribution in [0.3, 0.4) is 0 Å². The van der Waals surface area contributed by atoms with Crippen LogP contribution in [-0.2, 0) is 4.79 Å². The van der Waals surface area contributed by atoms with Crippen LogP contribution in [0, 0.1) is 17.0 Å². The van der Waals surface area contributed by atoms with Gasteiger partial charge in [-0.3, -0.25) is 19.7 Å². The van der Waals surface area contributed by atoms with Crippen LogP contribution >= 0.6 is 0 Å². The molecule has 1 saturated heterocycles. The van der Waals surface area contributed by atoms with Gasteiger partial charge in [0.1, 0.15) is 6.04 Å². The molecule has 0 spiro atoms. The highest BCUT2D eigenvalue weighted by Crippen LogP contribution is 2.24. The Hall–Kier alpha value is -2.48. The highest BCUT2D eigenvalue weighted by molar-refractivity contribution is 5.98. The first-order valence-corrected chi connectivity index (χ1v) is 9.45. The molecule has 1 heterocycles. The van der Waals surface area contributed by atoms with Crippen LogP contribution in [0.2, 0.25) is 0 Å². The summed E-state index contributed by atoms with van der Waals surface area (Å²) >= 11 is 0. The number of nitro benzene ring substituents is 1. The number of aryl methyl sites for hydroxylation is 1. The molecule has 2 amide bonds. The zero-order valence-corrected chi connectivity index (χ0v) is 15.9. The number of likely N-dealkylation sites (tertiary alicyclic amines) is 1. The Morgan fingerprint density at radius 2 is 2.19 bits per heavy atom. The average molecular weight is 376 g/mol. The summed E-state index contributed by atoms with van der Waals surface area (Å²) in [6.07, 6.45) is 4.19. The van der Waals surface area contributed by atoms with Gasteiger partial charge in [-0.05, 0) is 38.3 Å². The number of carbonyl (C=O) groups is 2. The second-order valence-electron chi connectivity index (χ2n) is 7.00. The fraction of sp³-hybridized carbons (Fsp3) is 0.579. The summed E-state index contributed by atoms with van der Waals surface area (Å²) in [5.74, 6) is -0.449. The first-order chi connectivity index (χ1) is 12.9. The monoisotopic (exact) mass is 376 g/mol. The van der Waals surface area contributed by atoms with Gasteiger partial charge in [0.05, 0.1) is 4.92 Å². The van der Waals surface area contributed by atoms with E-state index < -0.39 is 11.0 Å². The molecule has 8 nitrogen and oxygen atoms in total. The maximum atomic E-state index is 12.9. The minimum atomic E-state index is -0.524. The molecule has 0 radical (unpaired) electrons. The minimum absolute atomic E-state index is 0.0241. The lowest BCUT2D eigenvalue weighted by atomic mass is 10.1. The van der Waals surface area contributed by atoms with Crippen molar-refractivity contribution in [2.24, 2.45) is 5.73 Å². The van der Waals surface area contributed by atoms with Gasteiger partial charge in [0.25, 0.3) is 11.6 Å². The summed E-state index contributed by atoms with van der Waals surface area (Å²) in [7, 11) is 0. The molecule has 1 aromatic carbocycles. The van der Waals surface area contributed by atoms with Gasteiger partial charge in [0.15, 0.2) is 0 Å². The molecule has 2 atom stereocenters. The van der Waals surface area contributed by atoms with Gasteiger partial charge in [-0.15, -0.1) is 0 Å². The Morgan fingerprint density at radius 3 is 2.78 bits per heavy atom. The normalized spacial score (nSPS) is 17.6.